The standard InChI is InChI=1S/C25H27N7O4/c1-34-19-5-4-17(23(12-19)35-2)14-27-20-6-3-16(13-26)11-21(20)30-25-28-15-22(32-33)24(31-25)29-18-7-9-36-10-8-18/h3-6,11-12,15,18,27H,7-10,14H2,1-2H3,(H2,28,29,30,31). The third-order valence-corrected chi connectivity index (χ3v) is 5.79. The largest absolute Gasteiger partial charge is 0.497 e. The highest BCUT2D eigenvalue weighted by Crippen LogP contribution is 2.31. The number of methoxy groups -OCH3 is 2. The first kappa shape index (κ1) is 24.7. The molecule has 3 aromatic rings. The van der Waals surface area contributed by atoms with Gasteiger partial charge < -0.3 is 30.2 Å². The van der Waals surface area contributed by atoms with Crippen LogP contribution in [0, 0.1) is 16.2 Å². The Hall–Kier alpha value is -4.43. The molecule has 36 heavy (non-hydrogen) atoms. The molecule has 0 aliphatic carbocycles. The van der Waals surface area contributed by atoms with Gasteiger partial charge in [-0.25, -0.2) is 4.98 Å². The molecule has 2 aromatic carbocycles. The van der Waals surface area contributed by atoms with Crippen molar-refractivity contribution in [1.82, 2.24) is 9.97 Å². The highest BCUT2D eigenvalue weighted by Gasteiger charge is 2.18. The minimum atomic E-state index is 0.126. The third-order valence-electron chi connectivity index (χ3n) is 5.79. The Bertz CT molecular complexity index is 1260. The van der Waals surface area contributed by atoms with Gasteiger partial charge in [0, 0.05) is 37.4 Å². The van der Waals surface area contributed by atoms with Crippen LogP contribution in [0.15, 0.2) is 47.8 Å². The van der Waals surface area contributed by atoms with Crippen LogP contribution >= 0.6 is 0 Å². The van der Waals surface area contributed by atoms with Gasteiger partial charge >= 0.3 is 0 Å². The van der Waals surface area contributed by atoms with Crippen molar-refractivity contribution < 1.29 is 14.2 Å². The lowest BCUT2D eigenvalue weighted by atomic mass is 10.1. The monoisotopic (exact) mass is 489 g/mol. The smallest absolute Gasteiger partial charge is 0.229 e. The zero-order chi connectivity index (χ0) is 25.3. The van der Waals surface area contributed by atoms with Crippen molar-refractivity contribution in [3.05, 3.63) is 58.6 Å². The van der Waals surface area contributed by atoms with Gasteiger partial charge in [0.15, 0.2) is 11.5 Å². The molecule has 1 fully saturated rings. The Labute approximate surface area is 208 Å². The first-order valence-corrected chi connectivity index (χ1v) is 11.4. The fourth-order valence-corrected chi connectivity index (χ4v) is 3.82. The maximum absolute atomic E-state index is 11.3. The number of hydrogen-bond acceptors (Lipinski definition) is 11. The molecule has 0 saturated carbocycles. The molecule has 3 N–H and O–H groups in total. The summed E-state index contributed by atoms with van der Waals surface area (Å²) in [6.45, 7) is 1.75. The van der Waals surface area contributed by atoms with E-state index >= 15 is 0 Å². The van der Waals surface area contributed by atoms with E-state index < -0.39 is 0 Å². The Morgan fingerprint density at radius 2 is 1.97 bits per heavy atom. The molecule has 1 aliphatic rings. The van der Waals surface area contributed by atoms with Crippen LogP contribution in [-0.4, -0.2) is 43.4 Å². The van der Waals surface area contributed by atoms with Crippen LogP contribution in [0.5, 0.6) is 11.5 Å². The molecule has 11 nitrogen and oxygen atoms in total. The summed E-state index contributed by atoms with van der Waals surface area (Å²) >= 11 is 0. The van der Waals surface area contributed by atoms with E-state index in [2.05, 4.69) is 37.2 Å². The van der Waals surface area contributed by atoms with Crippen molar-refractivity contribution in [3.8, 4) is 17.6 Å². The Morgan fingerprint density at radius 1 is 1.14 bits per heavy atom. The van der Waals surface area contributed by atoms with Gasteiger partial charge in [-0.15, -0.1) is 4.91 Å². The van der Waals surface area contributed by atoms with Crippen molar-refractivity contribution in [3.63, 3.8) is 0 Å². The Kier molecular flexibility index (Phi) is 8.10. The van der Waals surface area contributed by atoms with Crippen molar-refractivity contribution in [1.29, 1.82) is 5.26 Å². The predicted molar refractivity (Wildman–Crippen MR) is 136 cm³/mol. The second kappa shape index (κ2) is 11.8. The summed E-state index contributed by atoms with van der Waals surface area (Å²) in [5, 5.41) is 22.3. The third kappa shape index (κ3) is 5.97. The highest BCUT2D eigenvalue weighted by molar-refractivity contribution is 5.75. The van der Waals surface area contributed by atoms with E-state index in [1.807, 2.05) is 18.2 Å². The maximum atomic E-state index is 11.3. The molecular weight excluding hydrogens is 462 g/mol. The van der Waals surface area contributed by atoms with E-state index in [1.165, 1.54) is 6.20 Å². The predicted octanol–water partition coefficient (Wildman–Crippen LogP) is 4.71. The van der Waals surface area contributed by atoms with E-state index in [0.717, 1.165) is 24.1 Å². The van der Waals surface area contributed by atoms with E-state index in [0.29, 0.717) is 48.3 Å². The normalized spacial score (nSPS) is 13.4. The van der Waals surface area contributed by atoms with E-state index in [9.17, 15) is 10.2 Å². The summed E-state index contributed by atoms with van der Waals surface area (Å²) in [7, 11) is 3.21. The number of nitrogens with zero attached hydrogens (tertiary/aromatic N) is 4. The van der Waals surface area contributed by atoms with Gasteiger partial charge in [0.2, 0.25) is 5.95 Å². The average molecular weight is 490 g/mol. The molecule has 2 heterocycles. The van der Waals surface area contributed by atoms with Crippen LogP contribution in [-0.2, 0) is 11.3 Å². The molecule has 0 amide bonds. The van der Waals surface area contributed by atoms with Gasteiger partial charge in [0.05, 0.1) is 43.4 Å². The average Bonchev–Trinajstić information content (AvgIpc) is 2.93. The number of benzene rings is 2. The fourth-order valence-electron chi connectivity index (χ4n) is 3.82. The molecule has 1 aliphatic heterocycles. The first-order chi connectivity index (χ1) is 17.6. The van der Waals surface area contributed by atoms with Gasteiger partial charge in [-0.05, 0) is 48.4 Å². The Morgan fingerprint density at radius 3 is 2.69 bits per heavy atom. The summed E-state index contributed by atoms with van der Waals surface area (Å²) in [5.41, 5.74) is 2.85. The fraction of sp³-hybridized carbons (Fsp3) is 0.320. The SMILES string of the molecule is COc1ccc(CNc2ccc(C#N)cc2Nc2ncc(N=O)c(NC3CCOCC3)n2)c(OC)c1. The second-order valence-corrected chi connectivity index (χ2v) is 8.08. The maximum Gasteiger partial charge on any atom is 0.229 e. The summed E-state index contributed by atoms with van der Waals surface area (Å²) in [5.74, 6) is 2.00. The molecule has 186 valence electrons. The second-order valence-electron chi connectivity index (χ2n) is 8.08. The zero-order valence-corrected chi connectivity index (χ0v) is 20.1. The van der Waals surface area contributed by atoms with E-state index in [-0.39, 0.29) is 17.7 Å². The van der Waals surface area contributed by atoms with Crippen molar-refractivity contribution in [2.24, 2.45) is 5.18 Å². The first-order valence-electron chi connectivity index (χ1n) is 11.4. The van der Waals surface area contributed by atoms with Gasteiger partial charge in [0.25, 0.3) is 0 Å². The molecule has 4 rings (SSSR count). The van der Waals surface area contributed by atoms with Gasteiger partial charge in [-0.1, -0.05) is 0 Å². The van der Waals surface area contributed by atoms with Gasteiger partial charge in [0.1, 0.15) is 11.5 Å². The quantitative estimate of drug-likeness (QED) is 0.343. The molecule has 1 aromatic heterocycles. The summed E-state index contributed by atoms with van der Waals surface area (Å²) < 4.78 is 16.2. The number of nitrogens with one attached hydrogen (secondary N) is 3. The van der Waals surface area contributed by atoms with Crippen molar-refractivity contribution in [2.75, 3.05) is 43.4 Å². The molecular formula is C25H27N7O4. The van der Waals surface area contributed by atoms with Crippen LogP contribution < -0.4 is 25.4 Å². The molecule has 0 unspecified atom stereocenters. The van der Waals surface area contributed by atoms with Crippen LogP contribution in [0.2, 0.25) is 0 Å². The van der Waals surface area contributed by atoms with E-state index in [1.54, 1.807) is 32.4 Å². The minimum absolute atomic E-state index is 0.126. The molecule has 0 atom stereocenters. The van der Waals surface area contributed by atoms with Crippen LogP contribution in [0.1, 0.15) is 24.0 Å². The van der Waals surface area contributed by atoms with Crippen LogP contribution in [0.4, 0.5) is 28.8 Å². The number of rotatable bonds is 10. The van der Waals surface area contributed by atoms with E-state index in [4.69, 9.17) is 14.2 Å². The number of aromatic nitrogens is 2. The zero-order valence-electron chi connectivity index (χ0n) is 20.1. The van der Waals surface area contributed by atoms with Crippen molar-refractivity contribution in [2.45, 2.75) is 25.4 Å². The minimum Gasteiger partial charge on any atom is -0.497 e. The molecule has 0 bridgehead atoms. The molecule has 11 heteroatoms. The lowest BCUT2D eigenvalue weighted by Crippen LogP contribution is -2.28. The van der Waals surface area contributed by atoms with Gasteiger partial charge in [-0.2, -0.15) is 10.2 Å². The van der Waals surface area contributed by atoms with Gasteiger partial charge in [-0.3, -0.25) is 0 Å². The summed E-state index contributed by atoms with van der Waals surface area (Å²) in [6, 6.07) is 13.1. The Balaban J connectivity index is 1.56. The molecule has 0 radical (unpaired) electrons. The molecule has 0 spiro atoms. The summed E-state index contributed by atoms with van der Waals surface area (Å²) in [4.78, 5) is 20.0. The topological polar surface area (TPSA) is 143 Å². The number of nitroso groups, excluding NO2 is 1. The number of anilines is 4. The molecule has 1 saturated heterocycles. The van der Waals surface area contributed by atoms with Crippen LogP contribution in [0.25, 0.3) is 0 Å². The number of ether oxygens (including phenoxy) is 3. The summed E-state index contributed by atoms with van der Waals surface area (Å²) in [6.07, 6.45) is 2.98. The number of hydrogen-bond donors (Lipinski definition) is 3. The highest BCUT2D eigenvalue weighted by atomic mass is 16.5. The van der Waals surface area contributed by atoms with Crippen LogP contribution in [0.3, 0.4) is 0 Å². The van der Waals surface area contributed by atoms with Crippen molar-refractivity contribution >= 4 is 28.8 Å². The lowest BCUT2D eigenvalue weighted by Gasteiger charge is -2.24. The lowest BCUT2D eigenvalue weighted by molar-refractivity contribution is 0.0904. The number of nitriles is 1.